The first-order valence-electron chi connectivity index (χ1n) is 2.99. The molecular formula is C8H14O2. The van der Waals surface area contributed by atoms with Crippen molar-refractivity contribution in [2.75, 3.05) is 0 Å². The minimum atomic E-state index is 0.171. The Morgan fingerprint density at radius 3 is 1.30 bits per heavy atom. The van der Waals surface area contributed by atoms with Gasteiger partial charge in [-0.2, -0.15) is 0 Å². The van der Waals surface area contributed by atoms with Crippen molar-refractivity contribution < 1.29 is 9.59 Å². The van der Waals surface area contributed by atoms with E-state index in [1.165, 1.54) is 0 Å². The third-order valence-electron chi connectivity index (χ3n) is 1.28. The van der Waals surface area contributed by atoms with Gasteiger partial charge in [-0.3, -0.25) is 4.79 Å². The Kier molecular flexibility index (Phi) is 7.34. The van der Waals surface area contributed by atoms with Crippen LogP contribution >= 0.6 is 0 Å². The monoisotopic (exact) mass is 142 g/mol. The second-order valence-corrected chi connectivity index (χ2v) is 2.18. The van der Waals surface area contributed by atoms with Crippen LogP contribution in [0.1, 0.15) is 27.7 Å². The molecule has 0 heterocycles. The fourth-order valence-electron chi connectivity index (χ4n) is 0.352. The smallest absolute Gasteiger partial charge is 0.155 e. The van der Waals surface area contributed by atoms with E-state index in [4.69, 9.17) is 4.79 Å². The molecule has 0 rings (SSSR count). The number of hydrogen-bond donors (Lipinski definition) is 0. The standard InChI is InChI=1S/C7H12O.CH2O/c1-5(2)6(3)7(4)8;1-2/h1-4H3;1H2. The maximum atomic E-state index is 10.5. The van der Waals surface area contributed by atoms with E-state index in [0.29, 0.717) is 0 Å². The zero-order valence-corrected chi connectivity index (χ0v) is 7.02. The molecule has 0 bridgehead atoms. The molecule has 0 fully saturated rings. The molecule has 0 aromatic carbocycles. The molecule has 0 saturated heterocycles. The first-order chi connectivity index (χ1) is 4.55. The first-order valence-corrected chi connectivity index (χ1v) is 2.99. The van der Waals surface area contributed by atoms with Crippen LogP contribution in [-0.4, -0.2) is 12.6 Å². The fraction of sp³-hybridized carbons (Fsp3) is 0.500. The number of carbonyl (C=O) groups excluding carboxylic acids is 2. The first kappa shape index (κ1) is 11.8. The Labute approximate surface area is 61.9 Å². The third-order valence-corrected chi connectivity index (χ3v) is 1.28. The van der Waals surface area contributed by atoms with Crippen LogP contribution < -0.4 is 0 Å². The normalized spacial score (nSPS) is 7.20. The number of allylic oxidation sites excluding steroid dienone is 2. The Bertz CT molecular complexity index is 141. The molecule has 0 spiro atoms. The molecule has 0 atom stereocenters. The molecule has 2 heteroatoms. The van der Waals surface area contributed by atoms with Crippen molar-refractivity contribution in [2.45, 2.75) is 27.7 Å². The quantitative estimate of drug-likeness (QED) is 0.523. The SMILES string of the molecule is C=O.CC(=O)C(C)=C(C)C. The van der Waals surface area contributed by atoms with Gasteiger partial charge >= 0.3 is 0 Å². The van der Waals surface area contributed by atoms with Crippen molar-refractivity contribution in [3.8, 4) is 0 Å². The zero-order chi connectivity index (χ0) is 8.73. The lowest BCUT2D eigenvalue weighted by atomic mass is 10.1. The Morgan fingerprint density at radius 1 is 1.00 bits per heavy atom. The molecular weight excluding hydrogens is 128 g/mol. The molecule has 0 aliphatic heterocycles. The Hall–Kier alpha value is -0.920. The Balaban J connectivity index is 0. The highest BCUT2D eigenvalue weighted by Gasteiger charge is 1.95. The summed E-state index contributed by atoms with van der Waals surface area (Å²) in [5.41, 5.74) is 1.99. The number of ketones is 1. The van der Waals surface area contributed by atoms with Crippen molar-refractivity contribution in [1.82, 2.24) is 0 Å². The van der Waals surface area contributed by atoms with Gasteiger partial charge in [-0.25, -0.2) is 0 Å². The van der Waals surface area contributed by atoms with Gasteiger partial charge in [0.1, 0.15) is 6.79 Å². The van der Waals surface area contributed by atoms with Gasteiger partial charge in [-0.1, -0.05) is 5.57 Å². The second kappa shape index (κ2) is 6.20. The second-order valence-electron chi connectivity index (χ2n) is 2.18. The molecule has 0 N–H and O–H groups in total. The van der Waals surface area contributed by atoms with Crippen LogP contribution in [-0.2, 0) is 9.59 Å². The lowest BCUT2D eigenvalue weighted by Gasteiger charge is -1.94. The summed E-state index contributed by atoms with van der Waals surface area (Å²) < 4.78 is 0. The molecule has 0 amide bonds. The van der Waals surface area contributed by atoms with Crippen LogP contribution in [0, 0.1) is 0 Å². The summed E-state index contributed by atoms with van der Waals surface area (Å²) in [4.78, 5) is 18.5. The molecule has 0 aliphatic carbocycles. The highest BCUT2D eigenvalue weighted by Crippen LogP contribution is 2.01. The average molecular weight is 142 g/mol. The molecule has 0 aromatic heterocycles. The van der Waals surface area contributed by atoms with Crippen molar-refractivity contribution in [2.24, 2.45) is 0 Å². The van der Waals surface area contributed by atoms with E-state index in [0.717, 1.165) is 11.1 Å². The van der Waals surface area contributed by atoms with Crippen LogP contribution in [0.3, 0.4) is 0 Å². The van der Waals surface area contributed by atoms with E-state index in [1.807, 2.05) is 27.6 Å². The summed E-state index contributed by atoms with van der Waals surface area (Å²) >= 11 is 0. The van der Waals surface area contributed by atoms with Crippen LogP contribution in [0.4, 0.5) is 0 Å². The molecule has 2 nitrogen and oxygen atoms in total. The van der Waals surface area contributed by atoms with Gasteiger partial charge in [0.25, 0.3) is 0 Å². The van der Waals surface area contributed by atoms with Gasteiger partial charge in [-0.15, -0.1) is 0 Å². The van der Waals surface area contributed by atoms with E-state index in [1.54, 1.807) is 6.92 Å². The number of hydrogen-bond acceptors (Lipinski definition) is 2. The highest BCUT2D eigenvalue weighted by atomic mass is 16.1. The van der Waals surface area contributed by atoms with Crippen LogP contribution in [0.5, 0.6) is 0 Å². The van der Waals surface area contributed by atoms with Gasteiger partial charge in [-0.05, 0) is 33.3 Å². The lowest BCUT2D eigenvalue weighted by Crippen LogP contribution is -1.92. The van der Waals surface area contributed by atoms with E-state index in [2.05, 4.69) is 0 Å². The van der Waals surface area contributed by atoms with Crippen molar-refractivity contribution >= 4 is 12.6 Å². The van der Waals surface area contributed by atoms with E-state index in [-0.39, 0.29) is 5.78 Å². The summed E-state index contributed by atoms with van der Waals surface area (Å²) in [6.45, 7) is 9.31. The van der Waals surface area contributed by atoms with Gasteiger partial charge in [0, 0.05) is 0 Å². The van der Waals surface area contributed by atoms with Gasteiger partial charge in [0.05, 0.1) is 0 Å². The summed E-state index contributed by atoms with van der Waals surface area (Å²) in [6.07, 6.45) is 0. The topological polar surface area (TPSA) is 34.1 Å². The number of Topliss-reactive ketones (excluding diaryl/α,β-unsaturated/α-hetero) is 1. The maximum absolute atomic E-state index is 10.5. The van der Waals surface area contributed by atoms with Gasteiger partial charge < -0.3 is 4.79 Å². The minimum absolute atomic E-state index is 0.171. The van der Waals surface area contributed by atoms with Crippen LogP contribution in [0.15, 0.2) is 11.1 Å². The average Bonchev–Trinajstić information content (AvgIpc) is 1.90. The molecule has 0 saturated carbocycles. The maximum Gasteiger partial charge on any atom is 0.155 e. The lowest BCUT2D eigenvalue weighted by molar-refractivity contribution is -0.113. The fourth-order valence-corrected chi connectivity index (χ4v) is 0.352. The summed E-state index contributed by atoms with van der Waals surface area (Å²) in [5, 5.41) is 0. The highest BCUT2D eigenvalue weighted by molar-refractivity contribution is 5.93. The molecule has 0 aromatic rings. The molecule has 10 heavy (non-hydrogen) atoms. The van der Waals surface area contributed by atoms with Gasteiger partial charge in [0.2, 0.25) is 0 Å². The predicted molar refractivity (Wildman–Crippen MR) is 41.9 cm³/mol. The number of rotatable bonds is 1. The predicted octanol–water partition coefficient (Wildman–Crippen LogP) is 1.75. The van der Waals surface area contributed by atoms with Crippen LogP contribution in [0.2, 0.25) is 0 Å². The Morgan fingerprint density at radius 2 is 1.30 bits per heavy atom. The summed E-state index contributed by atoms with van der Waals surface area (Å²) in [7, 11) is 0. The number of carbonyl (C=O) groups is 2. The minimum Gasteiger partial charge on any atom is -0.307 e. The van der Waals surface area contributed by atoms with Gasteiger partial charge in [0.15, 0.2) is 5.78 Å². The van der Waals surface area contributed by atoms with E-state index < -0.39 is 0 Å². The van der Waals surface area contributed by atoms with Crippen molar-refractivity contribution in [1.29, 1.82) is 0 Å². The van der Waals surface area contributed by atoms with E-state index in [9.17, 15) is 4.79 Å². The molecule has 0 unspecified atom stereocenters. The van der Waals surface area contributed by atoms with Crippen molar-refractivity contribution in [3.63, 3.8) is 0 Å². The van der Waals surface area contributed by atoms with Crippen molar-refractivity contribution in [3.05, 3.63) is 11.1 Å². The van der Waals surface area contributed by atoms with Crippen LogP contribution in [0.25, 0.3) is 0 Å². The third kappa shape index (κ3) is 5.22. The largest absolute Gasteiger partial charge is 0.307 e. The molecule has 0 aliphatic rings. The molecule has 58 valence electrons. The summed E-state index contributed by atoms with van der Waals surface area (Å²) in [6, 6.07) is 0. The summed E-state index contributed by atoms with van der Waals surface area (Å²) in [5.74, 6) is 0.171. The zero-order valence-electron chi connectivity index (χ0n) is 7.02. The molecule has 0 radical (unpaired) electrons. The van der Waals surface area contributed by atoms with E-state index >= 15 is 0 Å².